The zero-order chi connectivity index (χ0) is 13.5. The average Bonchev–Trinajstić information content (AvgIpc) is 2.34. The quantitative estimate of drug-likeness (QED) is 0.556. The number of aromatic nitrogens is 2. The number of nitro groups is 1. The molecule has 1 unspecified atom stereocenters. The highest BCUT2D eigenvalue weighted by molar-refractivity contribution is 5.66. The Hall–Kier alpha value is -2.25. The first-order valence-electron chi connectivity index (χ1n) is 5.41. The Kier molecular flexibility index (Phi) is 4.97. The number of carboxylic acid groups (broad SMARTS) is 1. The molecule has 0 saturated carbocycles. The van der Waals surface area contributed by atoms with E-state index in [1.807, 2.05) is 6.92 Å². The van der Waals surface area contributed by atoms with Gasteiger partial charge in [-0.1, -0.05) is 6.92 Å². The second-order valence-corrected chi connectivity index (χ2v) is 3.94. The van der Waals surface area contributed by atoms with Crippen molar-refractivity contribution in [3.05, 3.63) is 22.5 Å². The van der Waals surface area contributed by atoms with Crippen LogP contribution in [0, 0.1) is 16.0 Å². The first-order valence-corrected chi connectivity index (χ1v) is 5.41. The number of anilines is 1. The van der Waals surface area contributed by atoms with Gasteiger partial charge in [0.05, 0.1) is 4.92 Å². The maximum Gasteiger partial charge on any atom is 0.305 e. The zero-order valence-electron chi connectivity index (χ0n) is 9.87. The normalized spacial score (nSPS) is 11.8. The minimum absolute atomic E-state index is 0.115. The molecule has 2 N–H and O–H groups in total. The number of carboxylic acids is 1. The lowest BCUT2D eigenvalue weighted by atomic mass is 10.1. The molecule has 0 aliphatic rings. The van der Waals surface area contributed by atoms with E-state index in [0.717, 1.165) is 12.4 Å². The molecule has 0 saturated heterocycles. The third kappa shape index (κ3) is 4.73. The highest BCUT2D eigenvalue weighted by atomic mass is 16.6. The van der Waals surface area contributed by atoms with Gasteiger partial charge in [0, 0.05) is 13.0 Å². The molecule has 8 heteroatoms. The number of hydrogen-bond acceptors (Lipinski definition) is 6. The molecule has 0 aromatic carbocycles. The third-order valence-electron chi connectivity index (χ3n) is 2.31. The highest BCUT2D eigenvalue weighted by Crippen LogP contribution is 2.10. The SMILES string of the molecule is CC(CCC(=O)O)CNc1ncc([N+](=O)[O-])cn1. The molecule has 0 bridgehead atoms. The summed E-state index contributed by atoms with van der Waals surface area (Å²) in [7, 11) is 0. The molecule has 0 spiro atoms. The maximum atomic E-state index is 10.4. The molecular weight excluding hydrogens is 240 g/mol. The van der Waals surface area contributed by atoms with Crippen LogP contribution < -0.4 is 5.32 Å². The summed E-state index contributed by atoms with van der Waals surface area (Å²) in [5, 5.41) is 21.8. The molecule has 0 aliphatic carbocycles. The van der Waals surface area contributed by atoms with Crippen LogP contribution in [0.25, 0.3) is 0 Å². The fraction of sp³-hybridized carbons (Fsp3) is 0.500. The van der Waals surface area contributed by atoms with E-state index in [0.29, 0.717) is 18.9 Å². The van der Waals surface area contributed by atoms with Crippen LogP contribution in [0.4, 0.5) is 11.6 Å². The predicted octanol–water partition coefficient (Wildman–Crippen LogP) is 1.30. The number of hydrogen-bond donors (Lipinski definition) is 2. The summed E-state index contributed by atoms with van der Waals surface area (Å²) in [5.41, 5.74) is -0.167. The first kappa shape index (κ1) is 13.8. The molecule has 98 valence electrons. The van der Waals surface area contributed by atoms with E-state index in [2.05, 4.69) is 15.3 Å². The number of nitrogens with zero attached hydrogens (tertiary/aromatic N) is 3. The fourth-order valence-electron chi connectivity index (χ4n) is 1.24. The van der Waals surface area contributed by atoms with E-state index < -0.39 is 10.9 Å². The third-order valence-corrected chi connectivity index (χ3v) is 2.31. The Bertz CT molecular complexity index is 420. The van der Waals surface area contributed by atoms with Gasteiger partial charge in [-0.2, -0.15) is 0 Å². The van der Waals surface area contributed by atoms with E-state index in [9.17, 15) is 14.9 Å². The van der Waals surface area contributed by atoms with Gasteiger partial charge in [0.25, 0.3) is 0 Å². The number of aliphatic carboxylic acids is 1. The van der Waals surface area contributed by atoms with Gasteiger partial charge in [-0.05, 0) is 12.3 Å². The lowest BCUT2D eigenvalue weighted by Crippen LogP contribution is -2.14. The van der Waals surface area contributed by atoms with Crippen molar-refractivity contribution in [1.29, 1.82) is 0 Å². The van der Waals surface area contributed by atoms with Crippen molar-refractivity contribution >= 4 is 17.6 Å². The molecular formula is C10H14N4O4. The van der Waals surface area contributed by atoms with Crippen LogP contribution in [-0.4, -0.2) is 32.5 Å². The Balaban J connectivity index is 2.39. The largest absolute Gasteiger partial charge is 0.481 e. The second-order valence-electron chi connectivity index (χ2n) is 3.94. The molecule has 18 heavy (non-hydrogen) atoms. The van der Waals surface area contributed by atoms with Crippen LogP contribution >= 0.6 is 0 Å². The molecule has 0 radical (unpaired) electrons. The summed E-state index contributed by atoms with van der Waals surface area (Å²) in [5.74, 6) is -0.379. The molecule has 0 aliphatic heterocycles. The molecule has 8 nitrogen and oxygen atoms in total. The smallest absolute Gasteiger partial charge is 0.305 e. The topological polar surface area (TPSA) is 118 Å². The Morgan fingerprint density at radius 2 is 2.17 bits per heavy atom. The number of rotatable bonds is 7. The van der Waals surface area contributed by atoms with Crippen molar-refractivity contribution in [3.63, 3.8) is 0 Å². The van der Waals surface area contributed by atoms with Crippen LogP contribution in [0.5, 0.6) is 0 Å². The monoisotopic (exact) mass is 254 g/mol. The van der Waals surface area contributed by atoms with E-state index in [-0.39, 0.29) is 18.0 Å². The van der Waals surface area contributed by atoms with Gasteiger partial charge in [-0.3, -0.25) is 14.9 Å². The molecule has 1 rings (SSSR count). The first-order chi connectivity index (χ1) is 8.49. The Morgan fingerprint density at radius 3 is 2.67 bits per heavy atom. The van der Waals surface area contributed by atoms with Crippen molar-refractivity contribution in [2.75, 3.05) is 11.9 Å². The van der Waals surface area contributed by atoms with E-state index in [1.165, 1.54) is 0 Å². The van der Waals surface area contributed by atoms with Crippen molar-refractivity contribution in [2.45, 2.75) is 19.8 Å². The van der Waals surface area contributed by atoms with Gasteiger partial charge in [0.15, 0.2) is 0 Å². The van der Waals surface area contributed by atoms with Crippen molar-refractivity contribution < 1.29 is 14.8 Å². The van der Waals surface area contributed by atoms with Crippen molar-refractivity contribution in [3.8, 4) is 0 Å². The standard InChI is InChI=1S/C10H14N4O4/c1-7(2-3-9(15)16)4-11-10-12-5-8(6-13-10)14(17)18/h5-7H,2-4H2,1H3,(H,15,16)(H,11,12,13). The van der Waals surface area contributed by atoms with Gasteiger partial charge in [0.1, 0.15) is 12.4 Å². The Labute approximate surface area is 103 Å². The molecule has 1 aromatic rings. The minimum atomic E-state index is -0.826. The van der Waals surface area contributed by atoms with Crippen LogP contribution in [0.1, 0.15) is 19.8 Å². The van der Waals surface area contributed by atoms with Crippen LogP contribution in [0.2, 0.25) is 0 Å². The van der Waals surface area contributed by atoms with Crippen LogP contribution in [-0.2, 0) is 4.79 Å². The van der Waals surface area contributed by atoms with E-state index in [1.54, 1.807) is 0 Å². The molecule has 1 aromatic heterocycles. The van der Waals surface area contributed by atoms with Crippen LogP contribution in [0.15, 0.2) is 12.4 Å². The Morgan fingerprint density at radius 1 is 1.56 bits per heavy atom. The summed E-state index contributed by atoms with van der Waals surface area (Å²) in [6.07, 6.45) is 2.91. The highest BCUT2D eigenvalue weighted by Gasteiger charge is 2.08. The molecule has 0 amide bonds. The average molecular weight is 254 g/mol. The molecule has 1 heterocycles. The summed E-state index contributed by atoms with van der Waals surface area (Å²) in [6.45, 7) is 2.42. The lowest BCUT2D eigenvalue weighted by molar-refractivity contribution is -0.385. The van der Waals surface area contributed by atoms with Gasteiger partial charge in [0.2, 0.25) is 5.95 Å². The van der Waals surface area contributed by atoms with Gasteiger partial charge in [-0.15, -0.1) is 0 Å². The molecule has 1 atom stereocenters. The van der Waals surface area contributed by atoms with E-state index >= 15 is 0 Å². The summed E-state index contributed by atoms with van der Waals surface area (Å²) in [4.78, 5) is 27.8. The van der Waals surface area contributed by atoms with Gasteiger partial charge >= 0.3 is 11.7 Å². The number of nitrogens with one attached hydrogen (secondary N) is 1. The summed E-state index contributed by atoms with van der Waals surface area (Å²) in [6, 6.07) is 0. The summed E-state index contributed by atoms with van der Waals surface area (Å²) < 4.78 is 0. The van der Waals surface area contributed by atoms with Crippen molar-refractivity contribution in [2.24, 2.45) is 5.92 Å². The number of carbonyl (C=O) groups is 1. The second kappa shape index (κ2) is 6.48. The van der Waals surface area contributed by atoms with Gasteiger partial charge in [-0.25, -0.2) is 9.97 Å². The maximum absolute atomic E-state index is 10.4. The predicted molar refractivity (Wildman–Crippen MR) is 63.2 cm³/mol. The van der Waals surface area contributed by atoms with Crippen molar-refractivity contribution in [1.82, 2.24) is 9.97 Å². The summed E-state index contributed by atoms with van der Waals surface area (Å²) >= 11 is 0. The van der Waals surface area contributed by atoms with E-state index in [4.69, 9.17) is 5.11 Å². The fourth-order valence-corrected chi connectivity index (χ4v) is 1.24. The lowest BCUT2D eigenvalue weighted by Gasteiger charge is -2.10. The zero-order valence-corrected chi connectivity index (χ0v) is 9.87. The van der Waals surface area contributed by atoms with Crippen LogP contribution in [0.3, 0.4) is 0 Å². The minimum Gasteiger partial charge on any atom is -0.481 e. The van der Waals surface area contributed by atoms with Gasteiger partial charge < -0.3 is 10.4 Å². The molecule has 0 fully saturated rings.